The number of nitrogens with one attached hydrogen (secondary N) is 2. The number of hydrogen-bond donors (Lipinski definition) is 3. The van der Waals surface area contributed by atoms with Crippen molar-refractivity contribution in [2.75, 3.05) is 31.1 Å². The number of hydrogen-bond acceptors (Lipinski definition) is 3. The number of amides is 2. The molecule has 0 radical (unpaired) electrons. The van der Waals surface area contributed by atoms with Crippen LogP contribution in [0.25, 0.3) is 0 Å². The van der Waals surface area contributed by atoms with Crippen LogP contribution in [0.15, 0.2) is 24.3 Å². The molecule has 1 atom stereocenters. The first-order valence-corrected chi connectivity index (χ1v) is 9.29. The maximum atomic E-state index is 13.0. The van der Waals surface area contributed by atoms with Crippen LogP contribution in [0.3, 0.4) is 0 Å². The van der Waals surface area contributed by atoms with Gasteiger partial charge in [0, 0.05) is 31.9 Å². The third kappa shape index (κ3) is 5.08. The van der Waals surface area contributed by atoms with E-state index in [-0.39, 0.29) is 11.8 Å². The van der Waals surface area contributed by atoms with Gasteiger partial charge in [0.25, 0.3) is 0 Å². The van der Waals surface area contributed by atoms with Crippen LogP contribution >= 0.6 is 0 Å². The molecule has 1 saturated heterocycles. The number of carbonyl (C=O) groups is 1. The highest BCUT2D eigenvalue weighted by atomic mass is 19.1. The summed E-state index contributed by atoms with van der Waals surface area (Å²) in [6.45, 7) is 2.71. The molecule has 25 heavy (non-hydrogen) atoms. The fraction of sp³-hybridized carbons (Fsp3) is 0.632. The van der Waals surface area contributed by atoms with Crippen LogP contribution in [0.1, 0.15) is 38.5 Å². The monoisotopic (exact) mass is 349 g/mol. The van der Waals surface area contributed by atoms with Crippen LogP contribution in [0.4, 0.5) is 14.9 Å². The zero-order chi connectivity index (χ0) is 17.7. The van der Waals surface area contributed by atoms with E-state index < -0.39 is 5.60 Å². The van der Waals surface area contributed by atoms with Crippen molar-refractivity contribution in [3.05, 3.63) is 30.1 Å². The molecule has 3 rings (SSSR count). The summed E-state index contributed by atoms with van der Waals surface area (Å²) < 4.78 is 13.0. The van der Waals surface area contributed by atoms with Gasteiger partial charge in [-0.25, -0.2) is 9.18 Å². The van der Waals surface area contributed by atoms with E-state index >= 15 is 0 Å². The van der Waals surface area contributed by atoms with Crippen molar-refractivity contribution in [1.29, 1.82) is 0 Å². The topological polar surface area (TPSA) is 64.6 Å². The minimum absolute atomic E-state index is 0.209. The molecule has 0 spiro atoms. The van der Waals surface area contributed by atoms with E-state index in [9.17, 15) is 14.3 Å². The smallest absolute Gasteiger partial charge is 0.314 e. The van der Waals surface area contributed by atoms with Crippen molar-refractivity contribution in [3.63, 3.8) is 0 Å². The van der Waals surface area contributed by atoms with E-state index in [1.54, 1.807) is 12.1 Å². The molecule has 138 valence electrons. The second kappa shape index (κ2) is 8.04. The lowest BCUT2D eigenvalue weighted by atomic mass is 9.85. The second-order valence-corrected chi connectivity index (χ2v) is 7.43. The third-order valence-corrected chi connectivity index (χ3v) is 5.39. The van der Waals surface area contributed by atoms with Gasteiger partial charge in [0.15, 0.2) is 0 Å². The molecule has 1 aliphatic heterocycles. The van der Waals surface area contributed by atoms with E-state index in [0.29, 0.717) is 19.0 Å². The average Bonchev–Trinajstić information content (AvgIpc) is 3.08. The Morgan fingerprint density at radius 3 is 2.64 bits per heavy atom. The van der Waals surface area contributed by atoms with E-state index in [2.05, 4.69) is 15.5 Å². The van der Waals surface area contributed by atoms with Crippen molar-refractivity contribution in [1.82, 2.24) is 10.6 Å². The zero-order valence-corrected chi connectivity index (χ0v) is 14.6. The Labute approximate surface area is 148 Å². The summed E-state index contributed by atoms with van der Waals surface area (Å²) in [7, 11) is 0. The summed E-state index contributed by atoms with van der Waals surface area (Å²) in [6.07, 6.45) is 5.76. The van der Waals surface area contributed by atoms with Gasteiger partial charge in [0.1, 0.15) is 5.82 Å². The number of anilines is 1. The number of urea groups is 1. The van der Waals surface area contributed by atoms with Gasteiger partial charge >= 0.3 is 6.03 Å². The van der Waals surface area contributed by atoms with Crippen LogP contribution in [0.5, 0.6) is 0 Å². The van der Waals surface area contributed by atoms with Crippen LogP contribution in [-0.4, -0.2) is 42.9 Å². The van der Waals surface area contributed by atoms with Crippen molar-refractivity contribution >= 4 is 11.7 Å². The van der Waals surface area contributed by atoms with Crippen molar-refractivity contribution in [3.8, 4) is 0 Å². The van der Waals surface area contributed by atoms with Gasteiger partial charge in [-0.15, -0.1) is 0 Å². The van der Waals surface area contributed by atoms with E-state index in [0.717, 1.165) is 50.9 Å². The van der Waals surface area contributed by atoms with Crippen molar-refractivity contribution in [2.45, 2.75) is 44.1 Å². The summed E-state index contributed by atoms with van der Waals surface area (Å²) in [4.78, 5) is 14.2. The Morgan fingerprint density at radius 1 is 1.20 bits per heavy atom. The van der Waals surface area contributed by atoms with E-state index in [4.69, 9.17) is 0 Å². The lowest BCUT2D eigenvalue weighted by molar-refractivity contribution is 0.00718. The van der Waals surface area contributed by atoms with E-state index in [1.165, 1.54) is 18.6 Å². The summed E-state index contributed by atoms with van der Waals surface area (Å²) in [5.41, 5.74) is 0.287. The highest BCUT2D eigenvalue weighted by Gasteiger charge is 2.29. The third-order valence-electron chi connectivity index (χ3n) is 5.39. The molecule has 1 aromatic rings. The molecule has 6 heteroatoms. The fourth-order valence-electron chi connectivity index (χ4n) is 3.82. The molecule has 2 amide bonds. The quantitative estimate of drug-likeness (QED) is 0.766. The van der Waals surface area contributed by atoms with Crippen LogP contribution in [0, 0.1) is 11.7 Å². The fourth-order valence-corrected chi connectivity index (χ4v) is 3.82. The first-order chi connectivity index (χ1) is 12.0. The zero-order valence-electron chi connectivity index (χ0n) is 14.6. The Hall–Kier alpha value is -1.82. The number of aliphatic hydroxyl groups is 1. The molecular formula is C19H28FN3O2. The molecule has 3 N–H and O–H groups in total. The Morgan fingerprint density at radius 2 is 1.92 bits per heavy atom. The molecule has 0 aromatic heterocycles. The van der Waals surface area contributed by atoms with Gasteiger partial charge < -0.3 is 20.6 Å². The standard InChI is InChI=1S/C19H28FN3O2/c20-16-4-6-17(7-5-16)23-11-8-15(13-23)12-21-18(24)22-14-19(25)9-2-1-3-10-19/h4-7,15,25H,1-3,8-14H2,(H2,21,22,24). The molecule has 2 aliphatic rings. The normalized spacial score (nSPS) is 22.6. The molecule has 1 unspecified atom stereocenters. The number of halogens is 1. The van der Waals surface area contributed by atoms with Gasteiger partial charge in [-0.1, -0.05) is 19.3 Å². The largest absolute Gasteiger partial charge is 0.388 e. The summed E-state index contributed by atoms with van der Waals surface area (Å²) in [6, 6.07) is 6.33. The first kappa shape index (κ1) is 18.0. The maximum Gasteiger partial charge on any atom is 0.314 e. The Bertz CT molecular complexity index is 573. The number of rotatable bonds is 5. The molecule has 1 saturated carbocycles. The highest BCUT2D eigenvalue weighted by molar-refractivity contribution is 5.73. The lowest BCUT2D eigenvalue weighted by Crippen LogP contribution is -2.48. The average molecular weight is 349 g/mol. The predicted molar refractivity (Wildman–Crippen MR) is 96.2 cm³/mol. The second-order valence-electron chi connectivity index (χ2n) is 7.43. The molecule has 1 heterocycles. The predicted octanol–water partition coefficient (Wildman–Crippen LogP) is 2.65. The minimum atomic E-state index is -0.734. The molecular weight excluding hydrogens is 321 g/mol. The molecule has 1 aliphatic carbocycles. The van der Waals surface area contributed by atoms with Gasteiger partial charge in [0.2, 0.25) is 0 Å². The summed E-state index contributed by atoms with van der Waals surface area (Å²) >= 11 is 0. The Balaban J connectivity index is 1.37. The highest BCUT2D eigenvalue weighted by Crippen LogP contribution is 2.27. The Kier molecular flexibility index (Phi) is 5.78. The van der Waals surface area contributed by atoms with E-state index in [1.807, 2.05) is 0 Å². The minimum Gasteiger partial charge on any atom is -0.388 e. The van der Waals surface area contributed by atoms with Crippen LogP contribution in [0.2, 0.25) is 0 Å². The van der Waals surface area contributed by atoms with Crippen LogP contribution < -0.4 is 15.5 Å². The van der Waals surface area contributed by atoms with Crippen molar-refractivity contribution < 1.29 is 14.3 Å². The van der Waals surface area contributed by atoms with Gasteiger partial charge in [0.05, 0.1) is 5.60 Å². The number of carbonyl (C=O) groups excluding carboxylic acids is 1. The maximum absolute atomic E-state index is 13.0. The van der Waals surface area contributed by atoms with Crippen LogP contribution in [-0.2, 0) is 0 Å². The lowest BCUT2D eigenvalue weighted by Gasteiger charge is -2.32. The molecule has 1 aromatic carbocycles. The first-order valence-electron chi connectivity index (χ1n) is 9.29. The molecule has 5 nitrogen and oxygen atoms in total. The summed E-state index contributed by atoms with van der Waals surface area (Å²) in [5, 5.41) is 16.1. The van der Waals surface area contributed by atoms with Crippen molar-refractivity contribution in [2.24, 2.45) is 5.92 Å². The molecule has 0 bridgehead atoms. The summed E-state index contributed by atoms with van der Waals surface area (Å²) in [5.74, 6) is 0.158. The van der Waals surface area contributed by atoms with Gasteiger partial charge in [-0.2, -0.15) is 0 Å². The number of benzene rings is 1. The molecule has 2 fully saturated rings. The number of nitrogens with zero attached hydrogens (tertiary/aromatic N) is 1. The SMILES string of the molecule is O=C(NCC1CCN(c2ccc(F)cc2)C1)NCC1(O)CCCCC1. The van der Waals surface area contributed by atoms with Gasteiger partial charge in [-0.05, 0) is 49.4 Å². The van der Waals surface area contributed by atoms with Gasteiger partial charge in [-0.3, -0.25) is 0 Å².